The first kappa shape index (κ1) is 19.4. The molecule has 0 aliphatic carbocycles. The minimum absolute atomic E-state index is 0.00904. The van der Waals surface area contributed by atoms with Crippen LogP contribution in [0.5, 0.6) is 11.5 Å². The zero-order valence-electron chi connectivity index (χ0n) is 15.7. The first-order valence-electron chi connectivity index (χ1n) is 8.77. The van der Waals surface area contributed by atoms with Gasteiger partial charge in [0.15, 0.2) is 5.69 Å². The number of fused-ring (bicyclic) bond motifs is 1. The molecule has 0 aliphatic heterocycles. The number of rotatable bonds is 7. The highest BCUT2D eigenvalue weighted by molar-refractivity contribution is 6.07. The Morgan fingerprint density at radius 3 is 2.68 bits per heavy atom. The Hall–Kier alpha value is -3.39. The number of methoxy groups -OCH3 is 2. The lowest BCUT2D eigenvalue weighted by Gasteiger charge is -2.14. The standard InChI is InChI=1S/C20H22N4O4/c1-27-12-7-8-16(28-2)15(11-12)13-5-3-6-14-17(21)19(24-23-18(13)14)20(26)22-9-4-10-25/h3,5-8,11,25H,4,9-10H2,1-2H3,(H2,21,23)(H,22,26). The predicted molar refractivity (Wildman–Crippen MR) is 107 cm³/mol. The van der Waals surface area contributed by atoms with Crippen LogP contribution in [-0.4, -0.2) is 48.6 Å². The van der Waals surface area contributed by atoms with Crippen LogP contribution >= 0.6 is 0 Å². The Labute approximate surface area is 162 Å². The smallest absolute Gasteiger partial charge is 0.273 e. The number of nitrogen functional groups attached to an aromatic ring is 1. The average molecular weight is 382 g/mol. The molecule has 0 bridgehead atoms. The van der Waals surface area contributed by atoms with Crippen LogP contribution in [0.25, 0.3) is 22.0 Å². The number of carbonyl (C=O) groups excluding carboxylic acids is 1. The Balaban J connectivity index is 2.10. The highest BCUT2D eigenvalue weighted by atomic mass is 16.5. The molecule has 3 rings (SSSR count). The number of aliphatic hydroxyl groups is 1. The summed E-state index contributed by atoms with van der Waals surface area (Å²) < 4.78 is 10.8. The molecule has 0 unspecified atom stereocenters. The Morgan fingerprint density at radius 2 is 1.96 bits per heavy atom. The van der Waals surface area contributed by atoms with Crippen molar-refractivity contribution >= 4 is 22.5 Å². The zero-order chi connectivity index (χ0) is 20.1. The van der Waals surface area contributed by atoms with Crippen LogP contribution in [0.1, 0.15) is 16.9 Å². The van der Waals surface area contributed by atoms with E-state index in [1.807, 2.05) is 30.3 Å². The second-order valence-electron chi connectivity index (χ2n) is 6.06. The van der Waals surface area contributed by atoms with Crippen LogP contribution in [-0.2, 0) is 0 Å². The molecule has 0 fully saturated rings. The molecule has 0 saturated carbocycles. The SMILES string of the molecule is COc1ccc(OC)c(-c2cccc3c(N)c(C(=O)NCCCO)nnc23)c1. The molecule has 8 nitrogen and oxygen atoms in total. The van der Waals surface area contributed by atoms with Crippen molar-refractivity contribution in [1.29, 1.82) is 0 Å². The number of nitrogens with zero attached hydrogens (tertiary/aromatic N) is 2. The average Bonchev–Trinajstić information content (AvgIpc) is 2.73. The van der Waals surface area contributed by atoms with E-state index in [-0.39, 0.29) is 18.0 Å². The topological polar surface area (TPSA) is 120 Å². The fraction of sp³-hybridized carbons (Fsp3) is 0.250. The molecular weight excluding hydrogens is 360 g/mol. The minimum Gasteiger partial charge on any atom is -0.497 e. The van der Waals surface area contributed by atoms with Gasteiger partial charge in [-0.2, -0.15) is 0 Å². The zero-order valence-corrected chi connectivity index (χ0v) is 15.7. The number of amides is 1. The third-order valence-corrected chi connectivity index (χ3v) is 4.36. The van der Waals surface area contributed by atoms with Crippen LogP contribution in [0.3, 0.4) is 0 Å². The number of aromatic nitrogens is 2. The number of anilines is 1. The van der Waals surface area contributed by atoms with Crippen LogP contribution < -0.4 is 20.5 Å². The molecular formula is C20H22N4O4. The second kappa shape index (κ2) is 8.53. The van der Waals surface area contributed by atoms with Crippen molar-refractivity contribution in [2.45, 2.75) is 6.42 Å². The van der Waals surface area contributed by atoms with E-state index in [0.717, 1.165) is 11.1 Å². The molecule has 2 aromatic carbocycles. The monoisotopic (exact) mass is 382 g/mol. The third-order valence-electron chi connectivity index (χ3n) is 4.36. The van der Waals surface area contributed by atoms with E-state index in [1.165, 1.54) is 0 Å². The maximum absolute atomic E-state index is 12.3. The largest absolute Gasteiger partial charge is 0.497 e. The summed E-state index contributed by atoms with van der Waals surface area (Å²) in [5.74, 6) is 0.901. The van der Waals surface area contributed by atoms with Gasteiger partial charge in [0, 0.05) is 29.7 Å². The molecule has 0 saturated heterocycles. The Morgan fingerprint density at radius 1 is 1.14 bits per heavy atom. The summed E-state index contributed by atoms with van der Waals surface area (Å²) in [6.07, 6.45) is 0.451. The van der Waals surface area contributed by atoms with Gasteiger partial charge in [0.2, 0.25) is 0 Å². The molecule has 146 valence electrons. The number of hydrogen-bond donors (Lipinski definition) is 3. The molecule has 1 aromatic heterocycles. The van der Waals surface area contributed by atoms with E-state index >= 15 is 0 Å². The Kier molecular flexibility index (Phi) is 5.90. The first-order chi connectivity index (χ1) is 13.6. The van der Waals surface area contributed by atoms with E-state index in [1.54, 1.807) is 20.3 Å². The van der Waals surface area contributed by atoms with Crippen molar-refractivity contribution in [3.05, 3.63) is 42.1 Å². The lowest BCUT2D eigenvalue weighted by molar-refractivity contribution is 0.0946. The van der Waals surface area contributed by atoms with Crippen LogP contribution in [0.2, 0.25) is 0 Å². The van der Waals surface area contributed by atoms with Gasteiger partial charge in [-0.25, -0.2) is 0 Å². The minimum atomic E-state index is -0.426. The van der Waals surface area contributed by atoms with Gasteiger partial charge < -0.3 is 25.6 Å². The van der Waals surface area contributed by atoms with Gasteiger partial charge in [-0.15, -0.1) is 10.2 Å². The lowest BCUT2D eigenvalue weighted by atomic mass is 10.00. The van der Waals surface area contributed by atoms with Crippen molar-refractivity contribution in [2.24, 2.45) is 0 Å². The number of carbonyl (C=O) groups is 1. The second-order valence-corrected chi connectivity index (χ2v) is 6.06. The van der Waals surface area contributed by atoms with Crippen molar-refractivity contribution < 1.29 is 19.4 Å². The van der Waals surface area contributed by atoms with Gasteiger partial charge in [-0.3, -0.25) is 4.79 Å². The van der Waals surface area contributed by atoms with Gasteiger partial charge in [-0.05, 0) is 24.6 Å². The van der Waals surface area contributed by atoms with Crippen molar-refractivity contribution in [1.82, 2.24) is 15.5 Å². The molecule has 4 N–H and O–H groups in total. The fourth-order valence-electron chi connectivity index (χ4n) is 2.92. The van der Waals surface area contributed by atoms with Crippen molar-refractivity contribution in [3.8, 4) is 22.6 Å². The van der Waals surface area contributed by atoms with Crippen molar-refractivity contribution in [3.63, 3.8) is 0 Å². The van der Waals surface area contributed by atoms with Gasteiger partial charge in [-0.1, -0.05) is 18.2 Å². The number of aliphatic hydroxyl groups excluding tert-OH is 1. The van der Waals surface area contributed by atoms with Crippen LogP contribution in [0.15, 0.2) is 36.4 Å². The lowest BCUT2D eigenvalue weighted by Crippen LogP contribution is -2.27. The Bertz CT molecular complexity index is 1010. The summed E-state index contributed by atoms with van der Waals surface area (Å²) in [5, 5.41) is 20.4. The van der Waals surface area contributed by atoms with E-state index < -0.39 is 5.91 Å². The molecule has 1 amide bonds. The molecule has 28 heavy (non-hydrogen) atoms. The summed E-state index contributed by atoms with van der Waals surface area (Å²) in [4.78, 5) is 12.3. The van der Waals surface area contributed by atoms with E-state index in [2.05, 4.69) is 15.5 Å². The van der Waals surface area contributed by atoms with E-state index in [4.69, 9.17) is 20.3 Å². The van der Waals surface area contributed by atoms with Gasteiger partial charge >= 0.3 is 0 Å². The number of benzene rings is 2. The number of hydrogen-bond acceptors (Lipinski definition) is 7. The summed E-state index contributed by atoms with van der Waals surface area (Å²) in [6.45, 7) is 0.320. The normalized spacial score (nSPS) is 10.7. The highest BCUT2D eigenvalue weighted by Crippen LogP contribution is 2.37. The molecule has 0 spiro atoms. The van der Waals surface area contributed by atoms with Gasteiger partial charge in [0.05, 0.1) is 19.9 Å². The molecule has 3 aromatic rings. The van der Waals surface area contributed by atoms with Crippen molar-refractivity contribution in [2.75, 3.05) is 33.1 Å². The summed E-state index contributed by atoms with van der Waals surface area (Å²) in [7, 11) is 3.18. The first-order valence-corrected chi connectivity index (χ1v) is 8.77. The van der Waals surface area contributed by atoms with Crippen LogP contribution in [0.4, 0.5) is 5.69 Å². The number of nitrogens with one attached hydrogen (secondary N) is 1. The third kappa shape index (κ3) is 3.67. The van der Waals surface area contributed by atoms with Gasteiger partial charge in [0.25, 0.3) is 5.91 Å². The molecule has 8 heteroatoms. The van der Waals surface area contributed by atoms with E-state index in [9.17, 15) is 4.79 Å². The van der Waals surface area contributed by atoms with E-state index in [0.29, 0.717) is 35.4 Å². The molecule has 0 aliphatic rings. The summed E-state index contributed by atoms with van der Waals surface area (Å²) in [5.41, 5.74) is 8.63. The van der Waals surface area contributed by atoms with Gasteiger partial charge in [0.1, 0.15) is 17.0 Å². The number of nitrogens with two attached hydrogens (primary N) is 1. The van der Waals surface area contributed by atoms with Crippen LogP contribution in [0, 0.1) is 0 Å². The molecule has 1 heterocycles. The fourth-order valence-corrected chi connectivity index (χ4v) is 2.92. The summed E-state index contributed by atoms with van der Waals surface area (Å²) >= 11 is 0. The molecule has 0 atom stereocenters. The number of ether oxygens (including phenoxy) is 2. The maximum Gasteiger partial charge on any atom is 0.273 e. The highest BCUT2D eigenvalue weighted by Gasteiger charge is 2.18. The molecule has 0 radical (unpaired) electrons. The maximum atomic E-state index is 12.3. The quantitative estimate of drug-likeness (QED) is 0.535. The summed E-state index contributed by atoms with van der Waals surface area (Å²) in [6, 6.07) is 11.0. The predicted octanol–water partition coefficient (Wildman–Crippen LogP) is 2.01.